The predicted molar refractivity (Wildman–Crippen MR) is 63.8 cm³/mol. The molecule has 0 saturated carbocycles. The highest BCUT2D eigenvalue weighted by atomic mass is 15.1. The van der Waals surface area contributed by atoms with E-state index in [4.69, 9.17) is 5.73 Å². The van der Waals surface area contributed by atoms with Crippen LogP contribution in [-0.2, 0) is 0 Å². The molecule has 0 aliphatic carbocycles. The highest BCUT2D eigenvalue weighted by molar-refractivity contribution is 4.83. The second kappa shape index (κ2) is 5.28. The van der Waals surface area contributed by atoms with E-state index in [0.29, 0.717) is 6.04 Å². The van der Waals surface area contributed by atoms with Crippen LogP contribution in [0.2, 0.25) is 0 Å². The van der Waals surface area contributed by atoms with Crippen molar-refractivity contribution in [1.29, 1.82) is 0 Å². The Morgan fingerprint density at radius 1 is 1.47 bits per heavy atom. The van der Waals surface area contributed by atoms with Gasteiger partial charge in [-0.2, -0.15) is 0 Å². The average Bonchev–Trinajstić information content (AvgIpc) is 2.70. The summed E-state index contributed by atoms with van der Waals surface area (Å²) in [5.41, 5.74) is 6.34. The van der Waals surface area contributed by atoms with Crippen LogP contribution >= 0.6 is 0 Å². The van der Waals surface area contributed by atoms with Gasteiger partial charge in [0.1, 0.15) is 0 Å². The Bertz CT molecular complexity index is 189. The molecule has 3 atom stereocenters. The molecule has 3 nitrogen and oxygen atoms in total. The minimum atomic E-state index is 0.428. The van der Waals surface area contributed by atoms with Crippen molar-refractivity contribution in [2.45, 2.75) is 31.7 Å². The maximum atomic E-state index is 6.34. The summed E-state index contributed by atoms with van der Waals surface area (Å²) in [6.45, 7) is 4.85. The molecule has 0 bridgehead atoms. The summed E-state index contributed by atoms with van der Waals surface area (Å²) < 4.78 is 0. The maximum absolute atomic E-state index is 6.34. The lowest BCUT2D eigenvalue weighted by Crippen LogP contribution is -2.42. The van der Waals surface area contributed by atoms with Gasteiger partial charge in [0.25, 0.3) is 0 Å². The number of nitrogens with one attached hydrogen (secondary N) is 1. The van der Waals surface area contributed by atoms with Gasteiger partial charge in [0.15, 0.2) is 0 Å². The van der Waals surface area contributed by atoms with Gasteiger partial charge in [0.05, 0.1) is 0 Å². The van der Waals surface area contributed by atoms with Crippen molar-refractivity contribution in [2.24, 2.45) is 17.6 Å². The molecule has 3 unspecified atom stereocenters. The molecular formula is C12H25N3. The molecule has 2 rings (SSSR count). The first-order valence-corrected chi connectivity index (χ1v) is 6.40. The van der Waals surface area contributed by atoms with Crippen molar-refractivity contribution < 1.29 is 0 Å². The molecule has 2 saturated heterocycles. The Kier molecular flexibility index (Phi) is 4.00. The van der Waals surface area contributed by atoms with Crippen molar-refractivity contribution in [2.75, 3.05) is 33.2 Å². The number of nitrogens with two attached hydrogens (primary N) is 1. The Labute approximate surface area is 93.4 Å². The fraction of sp³-hybridized carbons (Fsp3) is 1.00. The lowest BCUT2D eigenvalue weighted by molar-refractivity contribution is 0.177. The van der Waals surface area contributed by atoms with Crippen LogP contribution in [0.1, 0.15) is 25.7 Å². The quantitative estimate of drug-likeness (QED) is 0.720. The third-order valence-corrected chi connectivity index (χ3v) is 4.03. The van der Waals surface area contributed by atoms with Crippen molar-refractivity contribution in [1.82, 2.24) is 10.2 Å². The number of rotatable bonds is 3. The zero-order valence-corrected chi connectivity index (χ0v) is 9.91. The predicted octanol–water partition coefficient (Wildman–Crippen LogP) is 0.655. The van der Waals surface area contributed by atoms with Gasteiger partial charge < -0.3 is 16.0 Å². The lowest BCUT2D eigenvalue weighted by atomic mass is 9.85. The zero-order chi connectivity index (χ0) is 10.7. The molecule has 2 fully saturated rings. The molecule has 0 aromatic heterocycles. The third-order valence-electron chi connectivity index (χ3n) is 4.03. The molecule has 88 valence electrons. The van der Waals surface area contributed by atoms with E-state index in [1.54, 1.807) is 0 Å². The highest BCUT2D eigenvalue weighted by Gasteiger charge is 2.26. The molecule has 2 aliphatic rings. The van der Waals surface area contributed by atoms with Gasteiger partial charge in [-0.15, -0.1) is 0 Å². The van der Waals surface area contributed by atoms with Gasteiger partial charge in [-0.25, -0.2) is 0 Å². The largest absolute Gasteiger partial charge is 0.327 e. The second-order valence-electron chi connectivity index (χ2n) is 5.42. The van der Waals surface area contributed by atoms with Crippen molar-refractivity contribution in [3.63, 3.8) is 0 Å². The van der Waals surface area contributed by atoms with Crippen LogP contribution in [0.15, 0.2) is 0 Å². The van der Waals surface area contributed by atoms with Crippen LogP contribution in [0.25, 0.3) is 0 Å². The maximum Gasteiger partial charge on any atom is 0.00825 e. The third kappa shape index (κ3) is 3.16. The Hall–Kier alpha value is -0.120. The van der Waals surface area contributed by atoms with E-state index >= 15 is 0 Å². The lowest BCUT2D eigenvalue weighted by Gasteiger charge is -2.34. The average molecular weight is 211 g/mol. The van der Waals surface area contributed by atoms with E-state index in [1.165, 1.54) is 51.9 Å². The summed E-state index contributed by atoms with van der Waals surface area (Å²) in [7, 11) is 2.22. The fourth-order valence-corrected chi connectivity index (χ4v) is 3.05. The van der Waals surface area contributed by atoms with E-state index in [1.807, 2.05) is 0 Å². The van der Waals surface area contributed by atoms with E-state index in [0.717, 1.165) is 11.8 Å². The van der Waals surface area contributed by atoms with E-state index in [-0.39, 0.29) is 0 Å². The van der Waals surface area contributed by atoms with Gasteiger partial charge in [0, 0.05) is 12.6 Å². The van der Waals surface area contributed by atoms with Crippen LogP contribution in [0, 0.1) is 11.8 Å². The normalized spacial score (nSPS) is 35.6. The molecular weight excluding hydrogens is 186 g/mol. The first-order valence-electron chi connectivity index (χ1n) is 6.40. The standard InChI is InChI=1S/C12H25N3/c1-15-6-2-3-11(9-15)12(13)7-10-4-5-14-8-10/h10-12,14H,2-9,13H2,1H3. The number of hydrogen-bond acceptors (Lipinski definition) is 3. The monoisotopic (exact) mass is 211 g/mol. The number of hydrogen-bond donors (Lipinski definition) is 2. The molecule has 15 heavy (non-hydrogen) atoms. The minimum absolute atomic E-state index is 0.428. The first kappa shape index (κ1) is 11.4. The van der Waals surface area contributed by atoms with Crippen LogP contribution in [0.4, 0.5) is 0 Å². The van der Waals surface area contributed by atoms with E-state index in [2.05, 4.69) is 17.3 Å². The second-order valence-corrected chi connectivity index (χ2v) is 5.42. The Morgan fingerprint density at radius 2 is 2.33 bits per heavy atom. The van der Waals surface area contributed by atoms with Gasteiger partial charge in [-0.1, -0.05) is 0 Å². The van der Waals surface area contributed by atoms with E-state index < -0.39 is 0 Å². The topological polar surface area (TPSA) is 41.3 Å². The summed E-state index contributed by atoms with van der Waals surface area (Å²) in [6.07, 6.45) is 5.23. The first-order chi connectivity index (χ1) is 7.25. The van der Waals surface area contributed by atoms with E-state index in [9.17, 15) is 0 Å². The van der Waals surface area contributed by atoms with Crippen molar-refractivity contribution in [3.8, 4) is 0 Å². The Balaban J connectivity index is 1.76. The zero-order valence-electron chi connectivity index (χ0n) is 9.91. The van der Waals surface area contributed by atoms with Gasteiger partial charge in [0.2, 0.25) is 0 Å². The highest BCUT2D eigenvalue weighted by Crippen LogP contribution is 2.23. The van der Waals surface area contributed by atoms with Crippen LogP contribution < -0.4 is 11.1 Å². The molecule has 0 aromatic rings. The van der Waals surface area contributed by atoms with Crippen LogP contribution in [-0.4, -0.2) is 44.2 Å². The minimum Gasteiger partial charge on any atom is -0.327 e. The Morgan fingerprint density at radius 3 is 3.00 bits per heavy atom. The van der Waals surface area contributed by atoms with Crippen LogP contribution in [0.5, 0.6) is 0 Å². The number of nitrogens with zero attached hydrogens (tertiary/aromatic N) is 1. The van der Waals surface area contributed by atoms with Gasteiger partial charge >= 0.3 is 0 Å². The number of piperidine rings is 1. The molecule has 0 spiro atoms. The van der Waals surface area contributed by atoms with Crippen molar-refractivity contribution in [3.05, 3.63) is 0 Å². The summed E-state index contributed by atoms with van der Waals surface area (Å²) in [5.74, 6) is 1.58. The van der Waals surface area contributed by atoms with Crippen molar-refractivity contribution >= 4 is 0 Å². The molecule has 3 heteroatoms. The summed E-state index contributed by atoms with van der Waals surface area (Å²) in [6, 6.07) is 0.428. The fourth-order valence-electron chi connectivity index (χ4n) is 3.05. The summed E-state index contributed by atoms with van der Waals surface area (Å²) in [4.78, 5) is 2.43. The van der Waals surface area contributed by atoms with Gasteiger partial charge in [-0.3, -0.25) is 0 Å². The molecule has 0 amide bonds. The summed E-state index contributed by atoms with van der Waals surface area (Å²) in [5, 5.41) is 3.42. The smallest absolute Gasteiger partial charge is 0.00825 e. The number of likely N-dealkylation sites (tertiary alicyclic amines) is 1. The molecule has 0 aromatic carbocycles. The SMILES string of the molecule is CN1CCCC(C(N)CC2CCNC2)C1. The summed E-state index contributed by atoms with van der Waals surface area (Å²) >= 11 is 0. The molecule has 0 radical (unpaired) electrons. The molecule has 2 heterocycles. The van der Waals surface area contributed by atoms with Crippen LogP contribution in [0.3, 0.4) is 0 Å². The molecule has 2 aliphatic heterocycles. The van der Waals surface area contributed by atoms with Gasteiger partial charge in [-0.05, 0) is 64.2 Å². The molecule has 3 N–H and O–H groups in total.